The lowest BCUT2D eigenvalue weighted by atomic mass is 10.0. The van der Waals surface area contributed by atoms with E-state index in [1.165, 1.54) is 11.3 Å². The van der Waals surface area contributed by atoms with E-state index in [1.54, 1.807) is 7.11 Å². The number of fused-ring (bicyclic) bond motifs is 1. The van der Waals surface area contributed by atoms with Crippen LogP contribution in [0.2, 0.25) is 0 Å². The second-order valence-corrected chi connectivity index (χ2v) is 5.68. The predicted molar refractivity (Wildman–Crippen MR) is 90.9 cm³/mol. The predicted octanol–water partition coefficient (Wildman–Crippen LogP) is 2.16. The Kier molecular flexibility index (Phi) is 5.15. The number of hydrogen-bond acceptors (Lipinski definition) is 5. The number of ether oxygens (including phenoxy) is 2. The molecule has 0 aliphatic carbocycles. The van der Waals surface area contributed by atoms with Gasteiger partial charge in [0.2, 0.25) is 0 Å². The van der Waals surface area contributed by atoms with Crippen molar-refractivity contribution in [3.05, 3.63) is 35.5 Å². The average Bonchev–Trinajstić information content (AvgIpc) is 2.99. The van der Waals surface area contributed by atoms with Crippen molar-refractivity contribution in [2.45, 2.75) is 32.9 Å². The van der Waals surface area contributed by atoms with Gasteiger partial charge in [-0.3, -0.25) is 9.48 Å². The molecular formula is C18H23N3O3. The molecule has 1 aliphatic heterocycles. The molecule has 1 aromatic carbocycles. The highest BCUT2D eigenvalue weighted by atomic mass is 16.5. The van der Waals surface area contributed by atoms with Crippen LogP contribution >= 0.6 is 0 Å². The summed E-state index contributed by atoms with van der Waals surface area (Å²) >= 11 is 0. The second kappa shape index (κ2) is 7.49. The van der Waals surface area contributed by atoms with Crippen LogP contribution in [0, 0.1) is 0 Å². The van der Waals surface area contributed by atoms with Crippen molar-refractivity contribution >= 4 is 5.97 Å². The molecule has 1 N–H and O–H groups in total. The molecule has 0 saturated carbocycles. The number of nitrogens with one attached hydrogen (secondary N) is 1. The van der Waals surface area contributed by atoms with E-state index in [0.29, 0.717) is 19.6 Å². The number of carbonyl (C=O) groups excluding carboxylic acids is 1. The Morgan fingerprint density at radius 3 is 3.00 bits per heavy atom. The lowest BCUT2D eigenvalue weighted by molar-refractivity contribution is -0.143. The van der Waals surface area contributed by atoms with E-state index in [9.17, 15) is 4.79 Å². The number of aromatic nitrogens is 2. The third kappa shape index (κ3) is 3.28. The summed E-state index contributed by atoms with van der Waals surface area (Å²) < 4.78 is 12.5. The number of esters is 1. The number of aryl methyl sites for hydroxylation is 1. The fraction of sp³-hybridized carbons (Fsp3) is 0.444. The average molecular weight is 329 g/mol. The molecule has 3 rings (SSSR count). The molecule has 2 aromatic rings. The first-order valence-corrected chi connectivity index (χ1v) is 8.32. The number of carbonyl (C=O) groups is 1. The molecule has 0 bridgehead atoms. The quantitative estimate of drug-likeness (QED) is 0.823. The number of nitrogens with zero attached hydrogens (tertiary/aromatic N) is 2. The van der Waals surface area contributed by atoms with E-state index in [-0.39, 0.29) is 5.97 Å². The lowest BCUT2D eigenvalue weighted by Crippen LogP contribution is -2.25. The first-order valence-electron chi connectivity index (χ1n) is 8.32. The van der Waals surface area contributed by atoms with Crippen LogP contribution in [0.1, 0.15) is 24.6 Å². The molecule has 6 nitrogen and oxygen atoms in total. The Labute approximate surface area is 141 Å². The highest BCUT2D eigenvalue weighted by Crippen LogP contribution is 2.33. The Balaban J connectivity index is 1.94. The number of hydrogen-bond donors (Lipinski definition) is 1. The molecule has 128 valence electrons. The normalized spacial score (nSPS) is 13.4. The van der Waals surface area contributed by atoms with Crippen LogP contribution in [0.15, 0.2) is 24.3 Å². The second-order valence-electron chi connectivity index (χ2n) is 5.68. The van der Waals surface area contributed by atoms with E-state index in [2.05, 4.69) is 5.32 Å². The van der Waals surface area contributed by atoms with E-state index >= 15 is 0 Å². The summed E-state index contributed by atoms with van der Waals surface area (Å²) in [4.78, 5) is 11.7. The SMILES string of the molecule is CCOC(=O)CCn1nc(-c2ccccc2OC)c2c1CCNC2. The van der Waals surface area contributed by atoms with Crippen LogP contribution in [-0.2, 0) is 29.0 Å². The Bertz CT molecular complexity index is 724. The van der Waals surface area contributed by atoms with Crippen LogP contribution in [0.5, 0.6) is 5.75 Å². The zero-order chi connectivity index (χ0) is 16.9. The molecule has 0 fully saturated rings. The summed E-state index contributed by atoms with van der Waals surface area (Å²) in [5.41, 5.74) is 4.29. The van der Waals surface area contributed by atoms with Gasteiger partial charge in [-0.05, 0) is 19.1 Å². The summed E-state index contributed by atoms with van der Waals surface area (Å²) in [5.74, 6) is 0.621. The molecule has 24 heavy (non-hydrogen) atoms. The summed E-state index contributed by atoms with van der Waals surface area (Å²) in [6, 6.07) is 7.89. The molecule has 0 atom stereocenters. The van der Waals surface area contributed by atoms with Crippen LogP contribution in [0.25, 0.3) is 11.3 Å². The number of rotatable bonds is 6. The van der Waals surface area contributed by atoms with Crippen LogP contribution < -0.4 is 10.1 Å². The van der Waals surface area contributed by atoms with Gasteiger partial charge in [-0.25, -0.2) is 0 Å². The van der Waals surface area contributed by atoms with E-state index < -0.39 is 0 Å². The number of benzene rings is 1. The van der Waals surface area contributed by atoms with Crippen molar-refractivity contribution in [1.82, 2.24) is 15.1 Å². The molecule has 1 aromatic heterocycles. The Morgan fingerprint density at radius 1 is 1.38 bits per heavy atom. The van der Waals surface area contributed by atoms with Gasteiger partial charge in [0, 0.05) is 36.3 Å². The van der Waals surface area contributed by atoms with E-state index in [1.807, 2.05) is 35.9 Å². The fourth-order valence-corrected chi connectivity index (χ4v) is 3.09. The van der Waals surface area contributed by atoms with Gasteiger partial charge in [0.25, 0.3) is 0 Å². The third-order valence-electron chi connectivity index (χ3n) is 4.20. The lowest BCUT2D eigenvalue weighted by Gasteiger charge is -2.16. The molecule has 0 spiro atoms. The molecule has 1 aliphatic rings. The van der Waals surface area contributed by atoms with Gasteiger partial charge in [-0.15, -0.1) is 0 Å². The van der Waals surface area contributed by atoms with Gasteiger partial charge >= 0.3 is 5.97 Å². The minimum absolute atomic E-state index is 0.186. The van der Waals surface area contributed by atoms with E-state index in [4.69, 9.17) is 14.6 Å². The van der Waals surface area contributed by atoms with Crippen LogP contribution in [0.4, 0.5) is 0 Å². The highest BCUT2D eigenvalue weighted by Gasteiger charge is 2.23. The van der Waals surface area contributed by atoms with E-state index in [0.717, 1.165) is 36.5 Å². The van der Waals surface area contributed by atoms with Crippen molar-refractivity contribution in [2.24, 2.45) is 0 Å². The Morgan fingerprint density at radius 2 is 2.21 bits per heavy atom. The third-order valence-corrected chi connectivity index (χ3v) is 4.20. The first-order chi connectivity index (χ1) is 11.7. The summed E-state index contributed by atoms with van der Waals surface area (Å²) in [7, 11) is 1.67. The maximum Gasteiger partial charge on any atom is 0.307 e. The molecule has 0 amide bonds. The molecule has 0 saturated heterocycles. The minimum Gasteiger partial charge on any atom is -0.496 e. The highest BCUT2D eigenvalue weighted by molar-refractivity contribution is 5.71. The monoisotopic (exact) mass is 329 g/mol. The van der Waals surface area contributed by atoms with Gasteiger partial charge < -0.3 is 14.8 Å². The maximum absolute atomic E-state index is 11.7. The number of para-hydroxylation sites is 1. The molecular weight excluding hydrogens is 306 g/mol. The van der Waals surface area contributed by atoms with Crippen LogP contribution in [0.3, 0.4) is 0 Å². The maximum atomic E-state index is 11.7. The zero-order valence-corrected chi connectivity index (χ0v) is 14.2. The van der Waals surface area contributed by atoms with Crippen molar-refractivity contribution in [2.75, 3.05) is 20.3 Å². The van der Waals surface area contributed by atoms with Gasteiger partial charge in [0.15, 0.2) is 0 Å². The number of methoxy groups -OCH3 is 1. The topological polar surface area (TPSA) is 65.4 Å². The standard InChI is InChI=1S/C18H23N3O3/c1-3-24-17(22)9-11-21-15-8-10-19-12-14(15)18(20-21)13-6-4-5-7-16(13)23-2/h4-7,19H,3,8-12H2,1-2H3. The van der Waals surface area contributed by atoms with Crippen molar-refractivity contribution in [3.63, 3.8) is 0 Å². The van der Waals surface area contributed by atoms with Gasteiger partial charge in [-0.1, -0.05) is 12.1 Å². The Hall–Kier alpha value is -2.34. The van der Waals surface area contributed by atoms with Crippen molar-refractivity contribution in [3.8, 4) is 17.0 Å². The summed E-state index contributed by atoms with van der Waals surface area (Å²) in [5, 5.41) is 8.19. The smallest absolute Gasteiger partial charge is 0.307 e. The molecule has 2 heterocycles. The summed E-state index contributed by atoms with van der Waals surface area (Å²) in [6.07, 6.45) is 1.24. The van der Waals surface area contributed by atoms with Crippen molar-refractivity contribution in [1.29, 1.82) is 0 Å². The molecule has 6 heteroatoms. The van der Waals surface area contributed by atoms with Crippen LogP contribution in [-0.4, -0.2) is 36.0 Å². The molecule has 0 unspecified atom stereocenters. The van der Waals surface area contributed by atoms with Gasteiger partial charge in [0.05, 0.1) is 26.7 Å². The van der Waals surface area contributed by atoms with Gasteiger partial charge in [0.1, 0.15) is 11.4 Å². The molecule has 0 radical (unpaired) electrons. The first kappa shape index (κ1) is 16.5. The largest absolute Gasteiger partial charge is 0.496 e. The minimum atomic E-state index is -0.186. The van der Waals surface area contributed by atoms with Gasteiger partial charge in [-0.2, -0.15) is 5.10 Å². The van der Waals surface area contributed by atoms with Crippen molar-refractivity contribution < 1.29 is 14.3 Å². The fourth-order valence-electron chi connectivity index (χ4n) is 3.09. The zero-order valence-electron chi connectivity index (χ0n) is 14.2. The summed E-state index contributed by atoms with van der Waals surface area (Å²) in [6.45, 7) is 4.47.